The lowest BCUT2D eigenvalue weighted by Gasteiger charge is -2.11. The van der Waals surface area contributed by atoms with Crippen LogP contribution >= 0.6 is 22.9 Å². The van der Waals surface area contributed by atoms with Crippen LogP contribution in [0.25, 0.3) is 0 Å². The Kier molecular flexibility index (Phi) is 5.21. The van der Waals surface area contributed by atoms with Gasteiger partial charge in [-0.3, -0.25) is 9.59 Å². The Balaban J connectivity index is 1.70. The fourth-order valence-electron chi connectivity index (χ4n) is 3.05. The topological polar surface area (TPSA) is 72.2 Å². The van der Waals surface area contributed by atoms with E-state index in [-0.39, 0.29) is 5.91 Å². The van der Waals surface area contributed by atoms with E-state index in [1.807, 2.05) is 18.2 Å². The van der Waals surface area contributed by atoms with Crippen molar-refractivity contribution in [2.75, 3.05) is 5.32 Å². The molecule has 1 aromatic heterocycles. The molecule has 1 aliphatic rings. The first-order valence-corrected chi connectivity index (χ1v) is 9.22. The minimum atomic E-state index is -0.459. The van der Waals surface area contributed by atoms with Crippen LogP contribution in [0, 0.1) is 0 Å². The molecule has 3 N–H and O–H groups in total. The number of hydrogen-bond acceptors (Lipinski definition) is 3. The van der Waals surface area contributed by atoms with Crippen LogP contribution in [0.1, 0.15) is 45.6 Å². The normalized spacial score (nSPS) is 13.4. The molecular formula is C18H19ClN2O2S. The highest BCUT2D eigenvalue weighted by Gasteiger charge is 2.24. The van der Waals surface area contributed by atoms with E-state index in [0.717, 1.165) is 36.8 Å². The van der Waals surface area contributed by atoms with Gasteiger partial charge in [-0.2, -0.15) is 0 Å². The van der Waals surface area contributed by atoms with Crippen LogP contribution in [-0.2, 0) is 24.1 Å². The predicted molar refractivity (Wildman–Crippen MR) is 97.9 cm³/mol. The molecule has 0 unspecified atom stereocenters. The lowest BCUT2D eigenvalue weighted by molar-refractivity contribution is -0.116. The molecule has 4 nitrogen and oxygen atoms in total. The summed E-state index contributed by atoms with van der Waals surface area (Å²) in [6.07, 6.45) is 4.94. The molecular weight excluding hydrogens is 344 g/mol. The van der Waals surface area contributed by atoms with Gasteiger partial charge < -0.3 is 11.1 Å². The minimum Gasteiger partial charge on any atom is -0.365 e. The number of fused-ring (bicyclic) bond motifs is 1. The van der Waals surface area contributed by atoms with Crippen molar-refractivity contribution in [2.24, 2.45) is 5.73 Å². The number of primary amides is 1. The molecule has 0 radical (unpaired) electrons. The van der Waals surface area contributed by atoms with Gasteiger partial charge in [-0.1, -0.05) is 23.7 Å². The summed E-state index contributed by atoms with van der Waals surface area (Å²) in [4.78, 5) is 25.3. The maximum absolute atomic E-state index is 12.3. The third kappa shape index (κ3) is 3.79. The van der Waals surface area contributed by atoms with Gasteiger partial charge in [0.05, 0.1) is 5.56 Å². The first-order valence-electron chi connectivity index (χ1n) is 8.03. The zero-order chi connectivity index (χ0) is 17.1. The van der Waals surface area contributed by atoms with Crippen LogP contribution in [0.3, 0.4) is 0 Å². The molecule has 0 fully saturated rings. The molecule has 1 aromatic carbocycles. The van der Waals surface area contributed by atoms with Gasteiger partial charge in [-0.05, 0) is 55.4 Å². The smallest absolute Gasteiger partial charge is 0.251 e. The zero-order valence-corrected chi connectivity index (χ0v) is 14.8. The summed E-state index contributed by atoms with van der Waals surface area (Å²) < 4.78 is 0. The molecule has 1 heterocycles. The molecule has 0 bridgehead atoms. The van der Waals surface area contributed by atoms with E-state index in [1.54, 1.807) is 6.07 Å². The monoisotopic (exact) mass is 362 g/mol. The number of nitrogens with two attached hydrogens (primary N) is 1. The molecule has 0 spiro atoms. The van der Waals surface area contributed by atoms with Crippen LogP contribution in [-0.4, -0.2) is 11.8 Å². The van der Waals surface area contributed by atoms with Gasteiger partial charge in [0.2, 0.25) is 5.91 Å². The van der Waals surface area contributed by atoms with Crippen molar-refractivity contribution in [3.8, 4) is 0 Å². The molecule has 3 rings (SSSR count). The average molecular weight is 363 g/mol. The molecule has 2 amide bonds. The van der Waals surface area contributed by atoms with E-state index in [4.69, 9.17) is 17.3 Å². The molecule has 0 saturated carbocycles. The number of amides is 2. The first-order chi connectivity index (χ1) is 11.5. The average Bonchev–Trinajstić information content (AvgIpc) is 2.91. The summed E-state index contributed by atoms with van der Waals surface area (Å²) in [5, 5.41) is 4.14. The number of carbonyl (C=O) groups excluding carboxylic acids is 2. The summed E-state index contributed by atoms with van der Waals surface area (Å²) in [7, 11) is 0. The summed E-state index contributed by atoms with van der Waals surface area (Å²) in [6, 6.07) is 7.47. The number of nitrogens with one attached hydrogen (secondary N) is 1. The van der Waals surface area contributed by atoms with E-state index in [0.29, 0.717) is 28.4 Å². The lowest BCUT2D eigenvalue weighted by Crippen LogP contribution is -2.18. The maximum Gasteiger partial charge on any atom is 0.251 e. The quantitative estimate of drug-likeness (QED) is 0.845. The Morgan fingerprint density at radius 3 is 2.79 bits per heavy atom. The van der Waals surface area contributed by atoms with E-state index in [1.165, 1.54) is 16.2 Å². The first kappa shape index (κ1) is 17.0. The standard InChI is InChI=1S/C18H19ClN2O2S/c19-12-5-3-4-11(10-12)8-9-15(22)21-18-16(17(20)23)13-6-1-2-7-14(13)24-18/h3-5,10H,1-2,6-9H2,(H2,20,23)(H,21,22). The molecule has 0 atom stereocenters. The van der Waals surface area contributed by atoms with E-state index in [9.17, 15) is 9.59 Å². The second kappa shape index (κ2) is 7.36. The summed E-state index contributed by atoms with van der Waals surface area (Å²) >= 11 is 7.44. The minimum absolute atomic E-state index is 0.115. The SMILES string of the molecule is NC(=O)c1c(NC(=O)CCc2cccc(Cl)c2)sc2c1CCCC2. The number of halogens is 1. The Hall–Kier alpha value is -1.85. The fraction of sp³-hybridized carbons (Fsp3) is 0.333. The molecule has 6 heteroatoms. The Morgan fingerprint density at radius 1 is 1.25 bits per heavy atom. The van der Waals surface area contributed by atoms with Crippen molar-refractivity contribution < 1.29 is 9.59 Å². The van der Waals surface area contributed by atoms with Crippen LogP contribution < -0.4 is 11.1 Å². The van der Waals surface area contributed by atoms with Crippen molar-refractivity contribution in [1.82, 2.24) is 0 Å². The van der Waals surface area contributed by atoms with Gasteiger partial charge in [0, 0.05) is 16.3 Å². The Labute approximate surface area is 150 Å². The molecule has 1 aliphatic carbocycles. The summed E-state index contributed by atoms with van der Waals surface area (Å²) in [5.74, 6) is -0.574. The van der Waals surface area contributed by atoms with Crippen LogP contribution in [0.5, 0.6) is 0 Å². The molecule has 24 heavy (non-hydrogen) atoms. The number of anilines is 1. The van der Waals surface area contributed by atoms with Crippen LogP contribution in [0.2, 0.25) is 5.02 Å². The van der Waals surface area contributed by atoms with E-state index < -0.39 is 5.91 Å². The highest BCUT2D eigenvalue weighted by Crippen LogP contribution is 2.37. The Bertz CT molecular complexity index is 785. The number of rotatable bonds is 5. The second-order valence-corrected chi connectivity index (χ2v) is 7.50. The number of benzene rings is 1. The van der Waals surface area contributed by atoms with Gasteiger partial charge in [0.1, 0.15) is 5.00 Å². The molecule has 0 saturated heterocycles. The highest BCUT2D eigenvalue weighted by molar-refractivity contribution is 7.17. The van der Waals surface area contributed by atoms with Gasteiger partial charge in [0.15, 0.2) is 0 Å². The predicted octanol–water partition coefficient (Wildman–Crippen LogP) is 3.95. The zero-order valence-electron chi connectivity index (χ0n) is 13.2. The van der Waals surface area contributed by atoms with Gasteiger partial charge in [-0.25, -0.2) is 0 Å². The fourth-order valence-corrected chi connectivity index (χ4v) is 4.58. The van der Waals surface area contributed by atoms with Crippen molar-refractivity contribution in [3.63, 3.8) is 0 Å². The summed E-state index contributed by atoms with van der Waals surface area (Å²) in [6.45, 7) is 0. The van der Waals surface area contributed by atoms with Gasteiger partial charge in [-0.15, -0.1) is 11.3 Å². The van der Waals surface area contributed by atoms with Gasteiger partial charge in [0.25, 0.3) is 5.91 Å². The van der Waals surface area contributed by atoms with Crippen molar-refractivity contribution in [2.45, 2.75) is 38.5 Å². The number of carbonyl (C=O) groups is 2. The maximum atomic E-state index is 12.3. The lowest BCUT2D eigenvalue weighted by atomic mass is 9.95. The van der Waals surface area contributed by atoms with E-state index in [2.05, 4.69) is 5.32 Å². The number of thiophene rings is 1. The molecule has 2 aromatic rings. The van der Waals surface area contributed by atoms with Crippen molar-refractivity contribution in [1.29, 1.82) is 0 Å². The molecule has 0 aliphatic heterocycles. The number of hydrogen-bond donors (Lipinski definition) is 2. The van der Waals surface area contributed by atoms with Crippen molar-refractivity contribution >= 4 is 39.8 Å². The van der Waals surface area contributed by atoms with Crippen LogP contribution in [0.15, 0.2) is 24.3 Å². The van der Waals surface area contributed by atoms with Crippen LogP contribution in [0.4, 0.5) is 5.00 Å². The third-order valence-electron chi connectivity index (χ3n) is 4.20. The van der Waals surface area contributed by atoms with Crippen molar-refractivity contribution in [3.05, 3.63) is 50.9 Å². The Morgan fingerprint density at radius 2 is 2.04 bits per heavy atom. The summed E-state index contributed by atoms with van der Waals surface area (Å²) in [5.41, 5.74) is 8.09. The molecule has 126 valence electrons. The second-order valence-electron chi connectivity index (χ2n) is 5.96. The van der Waals surface area contributed by atoms with E-state index >= 15 is 0 Å². The van der Waals surface area contributed by atoms with Gasteiger partial charge >= 0.3 is 0 Å². The largest absolute Gasteiger partial charge is 0.365 e. The number of aryl methyl sites for hydroxylation is 2. The highest BCUT2D eigenvalue weighted by atomic mass is 35.5. The third-order valence-corrected chi connectivity index (χ3v) is 5.64.